The predicted molar refractivity (Wildman–Crippen MR) is 51.8 cm³/mol. The lowest BCUT2D eigenvalue weighted by atomic mass is 10.2. The molecule has 0 bridgehead atoms. The summed E-state index contributed by atoms with van der Waals surface area (Å²) in [5, 5.41) is 0.709. The maximum absolute atomic E-state index is 11.3. The standard InChI is InChI=1S/C8H6ClN3O/c9-4-1-2-5-6(7(4)10)8(13)12-3-11-5/h1-3H,10H2,(H,11,12,13). The minimum absolute atomic E-state index is 0.272. The Hall–Kier alpha value is -1.55. The highest BCUT2D eigenvalue weighted by Gasteiger charge is 2.06. The zero-order chi connectivity index (χ0) is 9.42. The summed E-state index contributed by atoms with van der Waals surface area (Å²) >= 11 is 5.75. The molecular weight excluding hydrogens is 190 g/mol. The molecule has 0 aliphatic heterocycles. The number of aromatic nitrogens is 2. The van der Waals surface area contributed by atoms with Crippen LogP contribution in [0.4, 0.5) is 5.69 Å². The second-order valence-corrected chi connectivity index (χ2v) is 2.99. The van der Waals surface area contributed by atoms with E-state index in [2.05, 4.69) is 9.97 Å². The second-order valence-electron chi connectivity index (χ2n) is 2.59. The highest BCUT2D eigenvalue weighted by Crippen LogP contribution is 2.23. The van der Waals surface area contributed by atoms with Gasteiger partial charge in [-0.05, 0) is 12.1 Å². The fraction of sp³-hybridized carbons (Fsp3) is 0. The highest BCUT2D eigenvalue weighted by molar-refractivity contribution is 6.34. The Morgan fingerprint density at radius 2 is 2.23 bits per heavy atom. The van der Waals surface area contributed by atoms with Gasteiger partial charge in [-0.25, -0.2) is 4.98 Å². The smallest absolute Gasteiger partial charge is 0.260 e. The van der Waals surface area contributed by atoms with Crippen LogP contribution in [0.15, 0.2) is 23.3 Å². The first-order chi connectivity index (χ1) is 6.20. The largest absolute Gasteiger partial charge is 0.397 e. The molecular formula is C8H6ClN3O. The van der Waals surface area contributed by atoms with E-state index in [1.807, 2.05) is 0 Å². The predicted octanol–water partition coefficient (Wildman–Crippen LogP) is 1.16. The van der Waals surface area contributed by atoms with Crippen LogP contribution in [-0.2, 0) is 0 Å². The van der Waals surface area contributed by atoms with Crippen LogP contribution >= 0.6 is 11.6 Å². The van der Waals surface area contributed by atoms with Gasteiger partial charge in [0.15, 0.2) is 0 Å². The number of nitrogen functional groups attached to an aromatic ring is 1. The van der Waals surface area contributed by atoms with Gasteiger partial charge in [0, 0.05) is 0 Å². The van der Waals surface area contributed by atoms with Crippen LogP contribution in [0.5, 0.6) is 0 Å². The van der Waals surface area contributed by atoms with Gasteiger partial charge in [0.25, 0.3) is 5.56 Å². The summed E-state index contributed by atoms with van der Waals surface area (Å²) in [6.45, 7) is 0. The average molecular weight is 196 g/mol. The van der Waals surface area contributed by atoms with Gasteiger partial charge in [-0.2, -0.15) is 0 Å². The van der Waals surface area contributed by atoms with E-state index in [0.717, 1.165) is 0 Å². The molecule has 5 heteroatoms. The van der Waals surface area contributed by atoms with E-state index in [-0.39, 0.29) is 11.2 Å². The van der Waals surface area contributed by atoms with E-state index in [1.165, 1.54) is 6.33 Å². The number of hydrogen-bond donors (Lipinski definition) is 2. The van der Waals surface area contributed by atoms with Crippen LogP contribution in [0, 0.1) is 0 Å². The van der Waals surface area contributed by atoms with Gasteiger partial charge in [-0.1, -0.05) is 11.6 Å². The van der Waals surface area contributed by atoms with Crippen LogP contribution in [0.2, 0.25) is 5.02 Å². The molecule has 0 aliphatic carbocycles. The van der Waals surface area contributed by atoms with Crippen LogP contribution in [0.1, 0.15) is 0 Å². The van der Waals surface area contributed by atoms with Crippen molar-refractivity contribution in [3.8, 4) is 0 Å². The molecule has 1 heterocycles. The Balaban J connectivity index is 3.06. The van der Waals surface area contributed by atoms with Gasteiger partial charge < -0.3 is 10.7 Å². The summed E-state index contributed by atoms with van der Waals surface area (Å²) in [4.78, 5) is 17.7. The van der Waals surface area contributed by atoms with Gasteiger partial charge in [0.2, 0.25) is 0 Å². The lowest BCUT2D eigenvalue weighted by Gasteiger charge is -2.00. The SMILES string of the molecule is Nc1c(Cl)ccc2nc[nH]c(=O)c12. The molecule has 0 aliphatic rings. The molecule has 0 atom stereocenters. The van der Waals surface area contributed by atoms with Crippen molar-refractivity contribution in [3.05, 3.63) is 33.8 Å². The molecule has 13 heavy (non-hydrogen) atoms. The molecule has 0 amide bonds. The fourth-order valence-corrected chi connectivity index (χ4v) is 1.32. The second kappa shape index (κ2) is 2.74. The van der Waals surface area contributed by atoms with Crippen molar-refractivity contribution in [2.75, 3.05) is 5.73 Å². The zero-order valence-corrected chi connectivity index (χ0v) is 7.30. The first-order valence-corrected chi connectivity index (χ1v) is 3.99. The van der Waals surface area contributed by atoms with Crippen molar-refractivity contribution < 1.29 is 0 Å². The number of fused-ring (bicyclic) bond motifs is 1. The van der Waals surface area contributed by atoms with Crippen molar-refractivity contribution in [2.45, 2.75) is 0 Å². The normalized spacial score (nSPS) is 10.5. The molecule has 3 N–H and O–H groups in total. The molecule has 1 aromatic carbocycles. The Bertz CT molecular complexity index is 520. The monoisotopic (exact) mass is 195 g/mol. The van der Waals surface area contributed by atoms with Crippen molar-refractivity contribution in [3.63, 3.8) is 0 Å². The minimum atomic E-state index is -0.273. The number of benzene rings is 1. The van der Waals surface area contributed by atoms with Crippen LogP contribution in [-0.4, -0.2) is 9.97 Å². The Kier molecular flexibility index (Phi) is 1.70. The molecule has 0 spiro atoms. The van der Waals surface area contributed by atoms with Gasteiger partial charge >= 0.3 is 0 Å². The zero-order valence-electron chi connectivity index (χ0n) is 6.54. The first kappa shape index (κ1) is 8.07. The number of aromatic amines is 1. The Labute approximate surface area is 78.4 Å². The van der Waals surface area contributed by atoms with E-state index in [0.29, 0.717) is 15.9 Å². The molecule has 0 unspecified atom stereocenters. The number of nitrogens with one attached hydrogen (secondary N) is 1. The fourth-order valence-electron chi connectivity index (χ4n) is 1.16. The molecule has 0 fully saturated rings. The Morgan fingerprint density at radius 1 is 1.46 bits per heavy atom. The highest BCUT2D eigenvalue weighted by atomic mass is 35.5. The molecule has 66 valence electrons. The van der Waals surface area contributed by atoms with Gasteiger partial charge in [-0.3, -0.25) is 4.79 Å². The van der Waals surface area contributed by atoms with E-state index in [4.69, 9.17) is 17.3 Å². The van der Waals surface area contributed by atoms with Crippen molar-refractivity contribution in [1.82, 2.24) is 9.97 Å². The maximum atomic E-state index is 11.3. The Morgan fingerprint density at radius 3 is 3.00 bits per heavy atom. The van der Waals surface area contributed by atoms with Crippen LogP contribution < -0.4 is 11.3 Å². The third kappa shape index (κ3) is 1.15. The molecule has 2 aromatic rings. The summed E-state index contributed by atoms with van der Waals surface area (Å²) in [6, 6.07) is 3.27. The third-order valence-electron chi connectivity index (χ3n) is 1.80. The van der Waals surface area contributed by atoms with Crippen molar-refractivity contribution >= 4 is 28.2 Å². The minimum Gasteiger partial charge on any atom is -0.397 e. The first-order valence-electron chi connectivity index (χ1n) is 3.61. The van der Waals surface area contributed by atoms with Crippen molar-refractivity contribution in [1.29, 1.82) is 0 Å². The van der Waals surface area contributed by atoms with E-state index in [1.54, 1.807) is 12.1 Å². The van der Waals surface area contributed by atoms with Crippen molar-refractivity contribution in [2.24, 2.45) is 0 Å². The number of nitrogens with zero attached hydrogens (tertiary/aromatic N) is 1. The quantitative estimate of drug-likeness (QED) is 0.620. The molecule has 2 rings (SSSR count). The number of hydrogen-bond acceptors (Lipinski definition) is 3. The van der Waals surface area contributed by atoms with E-state index < -0.39 is 0 Å². The maximum Gasteiger partial charge on any atom is 0.260 e. The summed E-state index contributed by atoms with van der Waals surface area (Å²) in [5.41, 5.74) is 6.17. The third-order valence-corrected chi connectivity index (χ3v) is 2.13. The number of rotatable bonds is 0. The summed E-state index contributed by atoms with van der Waals surface area (Å²) in [7, 11) is 0. The van der Waals surface area contributed by atoms with Crippen LogP contribution in [0.25, 0.3) is 10.9 Å². The lowest BCUT2D eigenvalue weighted by Crippen LogP contribution is -2.08. The van der Waals surface area contributed by atoms with E-state index in [9.17, 15) is 4.79 Å². The summed E-state index contributed by atoms with van der Waals surface area (Å²) in [5.74, 6) is 0. The number of halogens is 1. The van der Waals surface area contributed by atoms with E-state index >= 15 is 0 Å². The lowest BCUT2D eigenvalue weighted by molar-refractivity contribution is 1.17. The topological polar surface area (TPSA) is 71.8 Å². The number of H-pyrrole nitrogens is 1. The van der Waals surface area contributed by atoms with Gasteiger partial charge in [-0.15, -0.1) is 0 Å². The summed E-state index contributed by atoms with van der Waals surface area (Å²) in [6.07, 6.45) is 1.33. The average Bonchev–Trinajstić information content (AvgIpc) is 2.12. The molecule has 0 radical (unpaired) electrons. The molecule has 0 saturated heterocycles. The van der Waals surface area contributed by atoms with Gasteiger partial charge in [0.05, 0.1) is 27.9 Å². The summed E-state index contributed by atoms with van der Waals surface area (Å²) < 4.78 is 0. The molecule has 0 saturated carbocycles. The van der Waals surface area contributed by atoms with Gasteiger partial charge in [0.1, 0.15) is 0 Å². The number of nitrogens with two attached hydrogens (primary N) is 1. The molecule has 1 aromatic heterocycles. The van der Waals surface area contributed by atoms with Crippen LogP contribution in [0.3, 0.4) is 0 Å². The number of anilines is 1. The molecule has 4 nitrogen and oxygen atoms in total.